The molecule has 0 aliphatic carbocycles. The number of ether oxygens (including phenoxy) is 1. The second kappa shape index (κ2) is 8.67. The van der Waals surface area contributed by atoms with Crippen molar-refractivity contribution in [3.63, 3.8) is 0 Å². The number of thioether (sulfide) groups is 1. The van der Waals surface area contributed by atoms with E-state index in [0.29, 0.717) is 6.04 Å². The van der Waals surface area contributed by atoms with Crippen molar-refractivity contribution >= 4 is 23.4 Å². The molecule has 2 N–H and O–H groups in total. The predicted molar refractivity (Wildman–Crippen MR) is 77.2 cm³/mol. The van der Waals surface area contributed by atoms with Crippen LogP contribution in [0.25, 0.3) is 0 Å². The summed E-state index contributed by atoms with van der Waals surface area (Å²) in [5, 5.41) is 0.737. The van der Waals surface area contributed by atoms with E-state index in [1.54, 1.807) is 0 Å². The van der Waals surface area contributed by atoms with E-state index in [1.165, 1.54) is 0 Å². The average Bonchev–Trinajstić information content (AvgIpc) is 2.35. The molecule has 1 aromatic carbocycles. The topological polar surface area (TPSA) is 35.2 Å². The van der Waals surface area contributed by atoms with Crippen molar-refractivity contribution in [1.29, 1.82) is 0 Å². The Morgan fingerprint density at radius 1 is 1.35 bits per heavy atom. The Balaban J connectivity index is 2.02. The lowest BCUT2D eigenvalue weighted by Crippen LogP contribution is -2.21. The van der Waals surface area contributed by atoms with E-state index in [1.807, 2.05) is 36.0 Å². The van der Waals surface area contributed by atoms with Gasteiger partial charge in [-0.05, 0) is 42.9 Å². The van der Waals surface area contributed by atoms with Gasteiger partial charge in [-0.15, -0.1) is 0 Å². The SMILES string of the molecule is CCC(N)CSCCCOc1ccc(Cl)cc1. The first-order valence-corrected chi connectivity index (χ1v) is 7.47. The Labute approximate surface area is 113 Å². The summed E-state index contributed by atoms with van der Waals surface area (Å²) in [6.45, 7) is 2.87. The molecule has 0 aromatic heterocycles. The van der Waals surface area contributed by atoms with Crippen molar-refractivity contribution in [3.8, 4) is 5.75 Å². The maximum atomic E-state index is 5.83. The Morgan fingerprint density at radius 2 is 2.06 bits per heavy atom. The molecule has 0 aliphatic heterocycles. The van der Waals surface area contributed by atoms with Crippen molar-refractivity contribution in [1.82, 2.24) is 0 Å². The number of hydrogen-bond acceptors (Lipinski definition) is 3. The van der Waals surface area contributed by atoms with Gasteiger partial charge in [-0.25, -0.2) is 0 Å². The summed E-state index contributed by atoms with van der Waals surface area (Å²) in [4.78, 5) is 0. The highest BCUT2D eigenvalue weighted by Gasteiger charge is 1.99. The third-order valence-electron chi connectivity index (χ3n) is 2.37. The highest BCUT2D eigenvalue weighted by molar-refractivity contribution is 7.99. The van der Waals surface area contributed by atoms with Crippen molar-refractivity contribution in [2.24, 2.45) is 5.73 Å². The number of hydrogen-bond donors (Lipinski definition) is 1. The standard InChI is InChI=1S/C13H20ClNOS/c1-2-12(15)10-17-9-3-8-16-13-6-4-11(14)5-7-13/h4-7,12H,2-3,8-10,15H2,1H3. The molecule has 1 aromatic rings. The molecule has 1 rings (SSSR count). The molecule has 0 radical (unpaired) electrons. The van der Waals surface area contributed by atoms with Gasteiger partial charge in [0.05, 0.1) is 6.61 Å². The molecule has 0 saturated heterocycles. The van der Waals surface area contributed by atoms with Crippen LogP contribution in [0, 0.1) is 0 Å². The van der Waals surface area contributed by atoms with Crippen molar-refractivity contribution < 1.29 is 4.74 Å². The van der Waals surface area contributed by atoms with E-state index in [0.717, 1.165) is 41.7 Å². The molecule has 0 heterocycles. The summed E-state index contributed by atoms with van der Waals surface area (Å²) >= 11 is 7.68. The lowest BCUT2D eigenvalue weighted by Gasteiger charge is -2.08. The Kier molecular flexibility index (Phi) is 7.49. The zero-order valence-corrected chi connectivity index (χ0v) is 11.8. The van der Waals surface area contributed by atoms with Crippen molar-refractivity contribution in [2.75, 3.05) is 18.1 Å². The van der Waals surface area contributed by atoms with Gasteiger partial charge < -0.3 is 10.5 Å². The van der Waals surface area contributed by atoms with Crippen LogP contribution in [-0.4, -0.2) is 24.2 Å². The molecule has 0 fully saturated rings. The predicted octanol–water partition coefficient (Wildman–Crippen LogP) is 3.58. The first kappa shape index (κ1) is 14.7. The molecule has 0 aliphatic rings. The van der Waals surface area contributed by atoms with Crippen LogP contribution in [0.4, 0.5) is 0 Å². The van der Waals surface area contributed by atoms with Crippen LogP contribution in [0.2, 0.25) is 5.02 Å². The van der Waals surface area contributed by atoms with Crippen LogP contribution >= 0.6 is 23.4 Å². The third kappa shape index (κ3) is 6.81. The summed E-state index contributed by atoms with van der Waals surface area (Å²) in [6, 6.07) is 7.79. The molecular formula is C13H20ClNOS. The number of halogens is 1. The monoisotopic (exact) mass is 273 g/mol. The minimum absolute atomic E-state index is 0.331. The van der Waals surface area contributed by atoms with Crippen molar-refractivity contribution in [3.05, 3.63) is 29.3 Å². The molecule has 1 atom stereocenters. The van der Waals surface area contributed by atoms with Gasteiger partial charge in [0.15, 0.2) is 0 Å². The maximum Gasteiger partial charge on any atom is 0.119 e. The van der Waals surface area contributed by atoms with E-state index in [2.05, 4.69) is 6.92 Å². The van der Waals surface area contributed by atoms with Gasteiger partial charge in [0, 0.05) is 16.8 Å². The van der Waals surface area contributed by atoms with Gasteiger partial charge >= 0.3 is 0 Å². The Hall–Kier alpha value is -0.380. The Morgan fingerprint density at radius 3 is 2.71 bits per heavy atom. The van der Waals surface area contributed by atoms with E-state index in [4.69, 9.17) is 22.1 Å². The first-order valence-electron chi connectivity index (χ1n) is 5.94. The lowest BCUT2D eigenvalue weighted by atomic mass is 10.3. The molecule has 0 amide bonds. The zero-order valence-electron chi connectivity index (χ0n) is 10.2. The smallest absolute Gasteiger partial charge is 0.119 e. The van der Waals surface area contributed by atoms with Gasteiger partial charge in [-0.3, -0.25) is 0 Å². The van der Waals surface area contributed by atoms with E-state index in [-0.39, 0.29) is 0 Å². The second-order valence-electron chi connectivity index (χ2n) is 3.90. The largest absolute Gasteiger partial charge is 0.494 e. The molecule has 96 valence electrons. The summed E-state index contributed by atoms with van der Waals surface area (Å²) in [5.41, 5.74) is 5.83. The Bertz CT molecular complexity index is 305. The van der Waals surface area contributed by atoms with Crippen LogP contribution in [0.5, 0.6) is 5.75 Å². The summed E-state index contributed by atoms with van der Waals surface area (Å²) < 4.78 is 5.59. The fraction of sp³-hybridized carbons (Fsp3) is 0.538. The molecule has 4 heteroatoms. The van der Waals surface area contributed by atoms with E-state index >= 15 is 0 Å². The number of benzene rings is 1. The molecule has 1 unspecified atom stereocenters. The van der Waals surface area contributed by atoms with Gasteiger partial charge in [0.2, 0.25) is 0 Å². The van der Waals surface area contributed by atoms with Gasteiger partial charge in [-0.1, -0.05) is 18.5 Å². The minimum atomic E-state index is 0.331. The summed E-state index contributed by atoms with van der Waals surface area (Å²) in [6.07, 6.45) is 2.10. The van der Waals surface area contributed by atoms with Gasteiger partial charge in [-0.2, -0.15) is 11.8 Å². The first-order chi connectivity index (χ1) is 8.22. The zero-order chi connectivity index (χ0) is 12.5. The quantitative estimate of drug-likeness (QED) is 0.736. The second-order valence-corrected chi connectivity index (χ2v) is 5.49. The minimum Gasteiger partial charge on any atom is -0.494 e. The number of nitrogens with two attached hydrogens (primary N) is 1. The van der Waals surface area contributed by atoms with Crippen LogP contribution in [0.1, 0.15) is 19.8 Å². The van der Waals surface area contributed by atoms with Crippen molar-refractivity contribution in [2.45, 2.75) is 25.8 Å². The fourth-order valence-corrected chi connectivity index (χ4v) is 2.39. The number of rotatable bonds is 8. The average molecular weight is 274 g/mol. The molecule has 0 bridgehead atoms. The highest BCUT2D eigenvalue weighted by Crippen LogP contribution is 2.16. The molecule has 2 nitrogen and oxygen atoms in total. The fourth-order valence-electron chi connectivity index (χ4n) is 1.23. The summed E-state index contributed by atoms with van der Waals surface area (Å²) in [5.74, 6) is 3.02. The highest BCUT2D eigenvalue weighted by atomic mass is 35.5. The van der Waals surface area contributed by atoms with Crippen LogP contribution in [0.15, 0.2) is 24.3 Å². The molecule has 0 saturated carbocycles. The molecular weight excluding hydrogens is 254 g/mol. The summed E-state index contributed by atoms with van der Waals surface area (Å²) in [7, 11) is 0. The maximum absolute atomic E-state index is 5.83. The van der Waals surface area contributed by atoms with E-state index < -0.39 is 0 Å². The molecule has 0 spiro atoms. The van der Waals surface area contributed by atoms with Crippen LogP contribution in [-0.2, 0) is 0 Å². The van der Waals surface area contributed by atoms with Gasteiger partial charge in [0.1, 0.15) is 5.75 Å². The van der Waals surface area contributed by atoms with E-state index in [9.17, 15) is 0 Å². The van der Waals surface area contributed by atoms with Crippen LogP contribution in [0.3, 0.4) is 0 Å². The van der Waals surface area contributed by atoms with Crippen LogP contribution < -0.4 is 10.5 Å². The lowest BCUT2D eigenvalue weighted by molar-refractivity contribution is 0.318. The normalized spacial score (nSPS) is 12.4. The molecule has 17 heavy (non-hydrogen) atoms. The van der Waals surface area contributed by atoms with Gasteiger partial charge in [0.25, 0.3) is 0 Å². The third-order valence-corrected chi connectivity index (χ3v) is 3.86.